The topological polar surface area (TPSA) is 0 Å². The molecule has 0 radical (unpaired) electrons. The van der Waals surface area contributed by atoms with Crippen molar-refractivity contribution in [1.82, 2.24) is 0 Å². The Hall–Kier alpha value is -1.33. The summed E-state index contributed by atoms with van der Waals surface area (Å²) in [4.78, 5) is 0. The van der Waals surface area contributed by atoms with Gasteiger partial charge in [-0.2, -0.15) is 12.5 Å². The zero-order chi connectivity index (χ0) is 17.8. The molecule has 0 amide bonds. The fourth-order valence-corrected chi connectivity index (χ4v) is 5.01. The van der Waals surface area contributed by atoms with Gasteiger partial charge in [0.25, 0.3) is 0 Å². The van der Waals surface area contributed by atoms with E-state index in [9.17, 15) is 0 Å². The van der Waals surface area contributed by atoms with E-state index in [4.69, 9.17) is 0 Å². The Morgan fingerprint density at radius 1 is 0.963 bits per heavy atom. The van der Waals surface area contributed by atoms with Crippen LogP contribution < -0.4 is 10.6 Å². The van der Waals surface area contributed by atoms with E-state index in [-0.39, 0.29) is 21.7 Å². The Bertz CT molecular complexity index is 883. The van der Waals surface area contributed by atoms with Crippen LogP contribution in [0.15, 0.2) is 85.0 Å². The quantitative estimate of drug-likeness (QED) is 0.286. The minimum absolute atomic E-state index is 0. The Balaban J connectivity index is 0.000000178. The number of fused-ring (bicyclic) bond motifs is 2. The van der Waals surface area contributed by atoms with Crippen LogP contribution >= 0.6 is 8.58 Å². The molecular weight excluding hydrogens is 379 g/mol. The van der Waals surface area contributed by atoms with Crippen LogP contribution in [0.2, 0.25) is 0 Å². The van der Waals surface area contributed by atoms with Crippen LogP contribution in [0.4, 0.5) is 0 Å². The summed E-state index contributed by atoms with van der Waals surface area (Å²) in [5, 5.41) is 5.58. The molecule has 1 saturated carbocycles. The number of hydrogen-bond acceptors (Lipinski definition) is 0. The Morgan fingerprint density at radius 2 is 1.74 bits per heavy atom. The van der Waals surface area contributed by atoms with Crippen molar-refractivity contribution >= 4 is 30.0 Å². The fraction of sp³-hybridized carbons (Fsp3) is 0.200. The van der Waals surface area contributed by atoms with Gasteiger partial charge >= 0.3 is 21.7 Å². The molecular formula is C25H25PTi. The number of hydrogen-bond donors (Lipinski definition) is 0. The van der Waals surface area contributed by atoms with E-state index in [1.807, 2.05) is 0 Å². The van der Waals surface area contributed by atoms with E-state index in [0.717, 1.165) is 20.4 Å². The van der Waals surface area contributed by atoms with Crippen molar-refractivity contribution in [3.05, 3.63) is 97.0 Å². The van der Waals surface area contributed by atoms with Crippen LogP contribution in [0, 0.1) is 25.2 Å². The third-order valence-corrected chi connectivity index (χ3v) is 6.69. The van der Waals surface area contributed by atoms with Gasteiger partial charge < -0.3 is 6.42 Å². The molecule has 0 spiro atoms. The maximum Gasteiger partial charge on any atom is 2.00 e. The monoisotopic (exact) mass is 404 g/mol. The molecule has 134 valence electrons. The minimum Gasteiger partial charge on any atom is -0.321 e. The first-order valence-electron chi connectivity index (χ1n) is 9.46. The van der Waals surface area contributed by atoms with E-state index in [0.29, 0.717) is 0 Å². The van der Waals surface area contributed by atoms with E-state index in [1.165, 1.54) is 39.8 Å². The van der Waals surface area contributed by atoms with Gasteiger partial charge in [0.1, 0.15) is 0 Å². The van der Waals surface area contributed by atoms with Crippen LogP contribution in [0.5, 0.6) is 0 Å². The number of benzene rings is 2. The molecule has 27 heavy (non-hydrogen) atoms. The predicted octanol–water partition coefficient (Wildman–Crippen LogP) is 5.84. The van der Waals surface area contributed by atoms with E-state index >= 15 is 0 Å². The van der Waals surface area contributed by atoms with Crippen LogP contribution in [-0.4, -0.2) is 0 Å². The maximum absolute atomic E-state index is 2.42. The summed E-state index contributed by atoms with van der Waals surface area (Å²) in [6, 6.07) is 21.8. The van der Waals surface area contributed by atoms with E-state index in [2.05, 4.69) is 98.3 Å². The summed E-state index contributed by atoms with van der Waals surface area (Å²) in [6.07, 6.45) is 14.1. The molecule has 3 atom stereocenters. The molecule has 2 aliphatic rings. The zero-order valence-electron chi connectivity index (χ0n) is 15.7. The molecule has 2 heteroatoms. The second-order valence-electron chi connectivity index (χ2n) is 7.14. The average Bonchev–Trinajstić information content (AvgIpc) is 3.30. The Labute approximate surface area is 179 Å². The SMILES string of the molecule is C1=CC2[CH-]CCC2C=C1.Cc1ccccc1Pc1cc2ccccc2[cH-]1.[Ti+2]. The van der Waals surface area contributed by atoms with Gasteiger partial charge in [-0.15, -0.1) is 52.3 Å². The molecule has 0 nitrogen and oxygen atoms in total. The van der Waals surface area contributed by atoms with E-state index < -0.39 is 0 Å². The van der Waals surface area contributed by atoms with Gasteiger partial charge in [-0.1, -0.05) is 63.6 Å². The summed E-state index contributed by atoms with van der Waals surface area (Å²) in [7, 11) is 0.759. The van der Waals surface area contributed by atoms with Crippen molar-refractivity contribution in [3.8, 4) is 0 Å². The molecule has 1 fully saturated rings. The molecule has 0 aromatic heterocycles. The first-order valence-corrected chi connectivity index (χ1v) is 10.5. The summed E-state index contributed by atoms with van der Waals surface area (Å²) in [5.74, 6) is 1.62. The van der Waals surface area contributed by atoms with Gasteiger partial charge in [0.15, 0.2) is 0 Å². The van der Waals surface area contributed by atoms with Crippen LogP contribution in [0.25, 0.3) is 10.8 Å². The Morgan fingerprint density at radius 3 is 2.56 bits per heavy atom. The summed E-state index contributed by atoms with van der Waals surface area (Å²) in [6.45, 7) is 2.19. The van der Waals surface area contributed by atoms with Crippen molar-refractivity contribution in [2.24, 2.45) is 11.8 Å². The normalized spacial score (nSPS) is 20.3. The second kappa shape index (κ2) is 9.74. The van der Waals surface area contributed by atoms with Gasteiger partial charge in [-0.25, -0.2) is 0 Å². The smallest absolute Gasteiger partial charge is 0.321 e. The van der Waals surface area contributed by atoms with Gasteiger partial charge in [-0.3, -0.25) is 0 Å². The first kappa shape index (κ1) is 20.4. The average molecular weight is 404 g/mol. The largest absolute Gasteiger partial charge is 2.00 e. The van der Waals surface area contributed by atoms with Crippen LogP contribution in [-0.2, 0) is 21.7 Å². The standard InChI is InChI=1S/C16H14P.C9H11.Ti/c1-12-6-2-5-9-16(12)17-15-10-13-7-3-4-8-14(13)11-15;1-2-5-9-7-3-6-8(9)4-1;/h2-11,17H,1H3;1-2,4-6,8-9H,3,7H2;/q2*-1;+2. The molecule has 3 aromatic rings. The molecule has 5 rings (SSSR count). The first-order chi connectivity index (χ1) is 12.8. The van der Waals surface area contributed by atoms with Crippen LogP contribution in [0.3, 0.4) is 0 Å². The fourth-order valence-electron chi connectivity index (χ4n) is 3.78. The maximum atomic E-state index is 2.42. The molecule has 0 heterocycles. The second-order valence-corrected chi connectivity index (χ2v) is 8.50. The van der Waals surface area contributed by atoms with Crippen molar-refractivity contribution in [1.29, 1.82) is 0 Å². The molecule has 2 aliphatic carbocycles. The van der Waals surface area contributed by atoms with E-state index in [1.54, 1.807) is 0 Å². The molecule has 3 aromatic carbocycles. The molecule has 0 N–H and O–H groups in total. The van der Waals surface area contributed by atoms with Gasteiger partial charge in [-0.05, 0) is 23.7 Å². The van der Waals surface area contributed by atoms with Gasteiger partial charge in [0, 0.05) is 0 Å². The molecule has 0 bridgehead atoms. The van der Waals surface area contributed by atoms with Gasteiger partial charge in [0.2, 0.25) is 0 Å². The van der Waals surface area contributed by atoms with Crippen LogP contribution in [0.1, 0.15) is 18.4 Å². The number of rotatable bonds is 2. The molecule has 3 unspecified atom stereocenters. The Kier molecular flexibility index (Phi) is 7.37. The molecule has 0 saturated heterocycles. The van der Waals surface area contributed by atoms with Gasteiger partial charge in [0.05, 0.1) is 0 Å². The van der Waals surface area contributed by atoms with Crippen molar-refractivity contribution in [3.63, 3.8) is 0 Å². The third-order valence-electron chi connectivity index (χ3n) is 5.28. The molecule has 0 aliphatic heterocycles. The van der Waals surface area contributed by atoms with Crippen molar-refractivity contribution in [2.75, 3.05) is 0 Å². The van der Waals surface area contributed by atoms with Crippen molar-refractivity contribution < 1.29 is 21.7 Å². The predicted molar refractivity (Wildman–Crippen MR) is 117 cm³/mol. The number of aryl methyl sites for hydroxylation is 1. The zero-order valence-corrected chi connectivity index (χ0v) is 18.3. The van der Waals surface area contributed by atoms with Crippen molar-refractivity contribution in [2.45, 2.75) is 19.8 Å². The minimum atomic E-state index is 0. The third kappa shape index (κ3) is 5.14. The summed E-state index contributed by atoms with van der Waals surface area (Å²) >= 11 is 0. The number of allylic oxidation sites excluding steroid dienone is 4. The summed E-state index contributed by atoms with van der Waals surface area (Å²) < 4.78 is 0. The summed E-state index contributed by atoms with van der Waals surface area (Å²) in [5.41, 5.74) is 1.39.